The second-order valence-corrected chi connectivity index (χ2v) is 5.67. The highest BCUT2D eigenvalue weighted by molar-refractivity contribution is 5.48. The molecule has 0 radical (unpaired) electrons. The first-order chi connectivity index (χ1) is 9.18. The standard InChI is InChI=1S/C15H19F2NO/c16-11-8-12(17)14-10(4-7-19-14)13(11)15(9-18)5-2-1-3-6-15/h8H,1-7,9,18H2. The highest BCUT2D eigenvalue weighted by atomic mass is 19.1. The van der Waals surface area contributed by atoms with Gasteiger partial charge in [0, 0.05) is 35.6 Å². The zero-order valence-corrected chi connectivity index (χ0v) is 11.0. The topological polar surface area (TPSA) is 35.2 Å². The quantitative estimate of drug-likeness (QED) is 0.893. The summed E-state index contributed by atoms with van der Waals surface area (Å²) in [6, 6.07) is 0.964. The summed E-state index contributed by atoms with van der Waals surface area (Å²) >= 11 is 0. The van der Waals surface area contributed by atoms with Gasteiger partial charge in [0.25, 0.3) is 0 Å². The summed E-state index contributed by atoms with van der Waals surface area (Å²) in [6.45, 7) is 0.853. The van der Waals surface area contributed by atoms with Crippen LogP contribution in [-0.4, -0.2) is 13.2 Å². The molecule has 0 saturated heterocycles. The van der Waals surface area contributed by atoms with E-state index in [0.29, 0.717) is 30.7 Å². The van der Waals surface area contributed by atoms with Gasteiger partial charge in [-0.05, 0) is 12.8 Å². The van der Waals surface area contributed by atoms with Crippen molar-refractivity contribution in [1.29, 1.82) is 0 Å². The van der Waals surface area contributed by atoms with Crippen LogP contribution in [0.3, 0.4) is 0 Å². The summed E-state index contributed by atoms with van der Waals surface area (Å²) in [4.78, 5) is 0. The first kappa shape index (κ1) is 12.9. The van der Waals surface area contributed by atoms with E-state index < -0.39 is 11.6 Å². The first-order valence-electron chi connectivity index (χ1n) is 7.02. The zero-order valence-electron chi connectivity index (χ0n) is 11.0. The van der Waals surface area contributed by atoms with Gasteiger partial charge in [-0.3, -0.25) is 0 Å². The fourth-order valence-corrected chi connectivity index (χ4v) is 3.66. The van der Waals surface area contributed by atoms with Crippen molar-refractivity contribution >= 4 is 0 Å². The molecule has 1 saturated carbocycles. The number of rotatable bonds is 2. The Morgan fingerprint density at radius 1 is 1.16 bits per heavy atom. The number of hydrogen-bond donors (Lipinski definition) is 1. The molecule has 1 fully saturated rings. The summed E-state index contributed by atoms with van der Waals surface area (Å²) in [5.41, 5.74) is 6.99. The van der Waals surface area contributed by atoms with Crippen molar-refractivity contribution in [1.82, 2.24) is 0 Å². The lowest BCUT2D eigenvalue weighted by Gasteiger charge is -2.38. The Balaban J connectivity index is 2.16. The second kappa shape index (κ2) is 4.75. The summed E-state index contributed by atoms with van der Waals surface area (Å²) in [5, 5.41) is 0. The van der Waals surface area contributed by atoms with Crippen molar-refractivity contribution in [2.75, 3.05) is 13.2 Å². The molecular weight excluding hydrogens is 248 g/mol. The molecule has 1 aliphatic carbocycles. The molecule has 0 unspecified atom stereocenters. The van der Waals surface area contributed by atoms with Gasteiger partial charge in [-0.1, -0.05) is 19.3 Å². The summed E-state index contributed by atoms with van der Waals surface area (Å²) < 4.78 is 33.4. The van der Waals surface area contributed by atoms with E-state index in [1.165, 1.54) is 6.42 Å². The van der Waals surface area contributed by atoms with E-state index in [-0.39, 0.29) is 11.2 Å². The van der Waals surface area contributed by atoms with Crippen LogP contribution in [0.1, 0.15) is 43.2 Å². The molecule has 0 amide bonds. The summed E-state index contributed by atoms with van der Waals surface area (Å²) in [6.07, 6.45) is 5.65. The number of nitrogens with two attached hydrogens (primary N) is 1. The van der Waals surface area contributed by atoms with Crippen LogP contribution >= 0.6 is 0 Å². The van der Waals surface area contributed by atoms with Crippen LogP contribution in [0.4, 0.5) is 8.78 Å². The summed E-state index contributed by atoms with van der Waals surface area (Å²) in [5.74, 6) is -0.791. The third-order valence-electron chi connectivity index (χ3n) is 4.62. The van der Waals surface area contributed by atoms with Gasteiger partial charge in [-0.2, -0.15) is 0 Å². The lowest BCUT2D eigenvalue weighted by Crippen LogP contribution is -2.39. The fourth-order valence-electron chi connectivity index (χ4n) is 3.66. The van der Waals surface area contributed by atoms with Crippen LogP contribution in [0.15, 0.2) is 6.07 Å². The van der Waals surface area contributed by atoms with E-state index in [9.17, 15) is 8.78 Å². The van der Waals surface area contributed by atoms with Gasteiger partial charge in [0.05, 0.1) is 6.61 Å². The Bertz CT molecular complexity index is 495. The maximum atomic E-state index is 14.4. The zero-order chi connectivity index (χ0) is 13.5. The maximum absolute atomic E-state index is 14.4. The molecule has 0 atom stereocenters. The van der Waals surface area contributed by atoms with Crippen LogP contribution in [0.5, 0.6) is 5.75 Å². The van der Waals surface area contributed by atoms with Gasteiger partial charge in [-0.25, -0.2) is 8.78 Å². The maximum Gasteiger partial charge on any atom is 0.168 e. The molecule has 3 rings (SSSR count). The monoisotopic (exact) mass is 267 g/mol. The molecule has 4 heteroatoms. The Hall–Kier alpha value is -1.16. The number of fused-ring (bicyclic) bond motifs is 1. The van der Waals surface area contributed by atoms with E-state index in [0.717, 1.165) is 31.7 Å². The van der Waals surface area contributed by atoms with E-state index in [1.54, 1.807) is 0 Å². The van der Waals surface area contributed by atoms with Crippen LogP contribution in [0.25, 0.3) is 0 Å². The molecule has 2 nitrogen and oxygen atoms in total. The minimum absolute atomic E-state index is 0.245. The number of halogens is 2. The molecule has 0 aromatic heterocycles. The van der Waals surface area contributed by atoms with Crippen LogP contribution in [-0.2, 0) is 11.8 Å². The molecule has 0 bridgehead atoms. The molecular formula is C15H19F2NO. The third kappa shape index (κ3) is 1.93. The van der Waals surface area contributed by atoms with Crippen molar-refractivity contribution in [2.24, 2.45) is 5.73 Å². The molecule has 2 N–H and O–H groups in total. The largest absolute Gasteiger partial charge is 0.490 e. The second-order valence-electron chi connectivity index (χ2n) is 5.67. The van der Waals surface area contributed by atoms with Crippen LogP contribution < -0.4 is 10.5 Å². The Kier molecular flexibility index (Phi) is 3.21. The van der Waals surface area contributed by atoms with Crippen molar-refractivity contribution in [3.8, 4) is 5.75 Å². The molecule has 1 heterocycles. The molecule has 1 aliphatic heterocycles. The lowest BCUT2D eigenvalue weighted by molar-refractivity contribution is 0.289. The predicted molar refractivity (Wildman–Crippen MR) is 69.4 cm³/mol. The van der Waals surface area contributed by atoms with Gasteiger partial charge >= 0.3 is 0 Å². The highest BCUT2D eigenvalue weighted by Crippen LogP contribution is 2.45. The smallest absolute Gasteiger partial charge is 0.168 e. The van der Waals surface area contributed by atoms with Crippen molar-refractivity contribution < 1.29 is 13.5 Å². The van der Waals surface area contributed by atoms with E-state index >= 15 is 0 Å². The third-order valence-corrected chi connectivity index (χ3v) is 4.62. The van der Waals surface area contributed by atoms with Crippen molar-refractivity contribution in [3.05, 3.63) is 28.8 Å². The van der Waals surface area contributed by atoms with Gasteiger partial charge in [0.2, 0.25) is 0 Å². The summed E-state index contributed by atoms with van der Waals surface area (Å²) in [7, 11) is 0. The Morgan fingerprint density at radius 2 is 1.89 bits per heavy atom. The number of ether oxygens (including phenoxy) is 1. The minimum Gasteiger partial charge on any atom is -0.490 e. The molecule has 1 aromatic rings. The van der Waals surface area contributed by atoms with Gasteiger partial charge in [0.15, 0.2) is 11.6 Å². The minimum atomic E-state index is -0.586. The molecule has 104 valence electrons. The number of benzene rings is 1. The SMILES string of the molecule is NCC1(c2c(F)cc(F)c3c2CCO3)CCCCC1. The van der Waals surface area contributed by atoms with Crippen LogP contribution in [0.2, 0.25) is 0 Å². The molecule has 0 spiro atoms. The first-order valence-corrected chi connectivity index (χ1v) is 7.02. The average molecular weight is 267 g/mol. The predicted octanol–water partition coefficient (Wildman–Crippen LogP) is 3.06. The normalized spacial score (nSPS) is 21.0. The molecule has 19 heavy (non-hydrogen) atoms. The molecule has 2 aliphatic rings. The van der Waals surface area contributed by atoms with E-state index in [2.05, 4.69) is 0 Å². The van der Waals surface area contributed by atoms with Crippen LogP contribution in [0, 0.1) is 11.6 Å². The fraction of sp³-hybridized carbons (Fsp3) is 0.600. The van der Waals surface area contributed by atoms with E-state index in [4.69, 9.17) is 10.5 Å². The van der Waals surface area contributed by atoms with E-state index in [1.807, 2.05) is 0 Å². The van der Waals surface area contributed by atoms with Gasteiger partial charge in [0.1, 0.15) is 5.82 Å². The van der Waals surface area contributed by atoms with Gasteiger partial charge < -0.3 is 10.5 Å². The highest BCUT2D eigenvalue weighted by Gasteiger charge is 2.39. The number of hydrogen-bond acceptors (Lipinski definition) is 2. The Morgan fingerprint density at radius 3 is 2.58 bits per heavy atom. The average Bonchev–Trinajstić information content (AvgIpc) is 2.89. The Labute approximate surface area is 111 Å². The molecule has 1 aromatic carbocycles. The van der Waals surface area contributed by atoms with Crippen molar-refractivity contribution in [2.45, 2.75) is 43.9 Å². The van der Waals surface area contributed by atoms with Crippen molar-refractivity contribution in [3.63, 3.8) is 0 Å². The van der Waals surface area contributed by atoms with Gasteiger partial charge in [-0.15, -0.1) is 0 Å². The lowest BCUT2D eigenvalue weighted by atomic mass is 9.67.